The number of nitrogens with two attached hydrogens (primary N) is 1. The Bertz CT molecular complexity index is 477. The van der Waals surface area contributed by atoms with Crippen LogP contribution in [0.4, 0.5) is 5.82 Å². The molecule has 0 unspecified atom stereocenters. The van der Waals surface area contributed by atoms with Gasteiger partial charge in [-0.3, -0.25) is 4.40 Å². The molecular weight excluding hydrogens is 212 g/mol. The molecule has 0 fully saturated rings. The summed E-state index contributed by atoms with van der Waals surface area (Å²) in [6.07, 6.45) is 5.78. The van der Waals surface area contributed by atoms with Crippen molar-refractivity contribution in [1.29, 1.82) is 0 Å². The molecule has 2 rings (SSSR count). The average Bonchev–Trinajstić information content (AvgIpc) is 2.85. The van der Waals surface area contributed by atoms with Crippen LogP contribution in [0, 0.1) is 0 Å². The fourth-order valence-corrected chi connectivity index (χ4v) is 2.09. The minimum absolute atomic E-state index is 0.0292. The van der Waals surface area contributed by atoms with Crippen molar-refractivity contribution in [1.82, 2.24) is 9.38 Å². The number of aromatic nitrogens is 2. The molecule has 0 atom stereocenters. The molecule has 4 nitrogen and oxygen atoms in total. The normalized spacial score (nSPS) is 11.9. The lowest BCUT2D eigenvalue weighted by Gasteiger charge is -2.32. The first-order valence-corrected chi connectivity index (χ1v) is 6.15. The maximum Gasteiger partial charge on any atom is 0.138 e. The predicted molar refractivity (Wildman–Crippen MR) is 71.2 cm³/mol. The molecule has 3 N–H and O–H groups in total. The van der Waals surface area contributed by atoms with Gasteiger partial charge in [-0.2, -0.15) is 0 Å². The van der Waals surface area contributed by atoms with E-state index < -0.39 is 0 Å². The third-order valence-electron chi connectivity index (χ3n) is 3.57. The van der Waals surface area contributed by atoms with E-state index in [1.165, 1.54) is 0 Å². The minimum Gasteiger partial charge on any atom is -0.364 e. The first kappa shape index (κ1) is 11.9. The largest absolute Gasteiger partial charge is 0.364 e. The predicted octanol–water partition coefficient (Wildman–Crippen LogP) is 2.26. The second-order valence-corrected chi connectivity index (χ2v) is 4.38. The van der Waals surface area contributed by atoms with Gasteiger partial charge in [0, 0.05) is 18.9 Å². The zero-order chi connectivity index (χ0) is 12.3. The van der Waals surface area contributed by atoms with Crippen molar-refractivity contribution in [2.24, 2.45) is 5.73 Å². The number of imidazole rings is 1. The van der Waals surface area contributed by atoms with Crippen molar-refractivity contribution in [2.45, 2.75) is 32.2 Å². The maximum atomic E-state index is 5.91. The Kier molecular flexibility index (Phi) is 3.33. The van der Waals surface area contributed by atoms with E-state index in [2.05, 4.69) is 34.6 Å². The van der Waals surface area contributed by atoms with Gasteiger partial charge in [0.05, 0.1) is 5.54 Å². The number of fused-ring (bicyclic) bond motifs is 1. The summed E-state index contributed by atoms with van der Waals surface area (Å²) < 4.78 is 2.05. The molecule has 0 aromatic carbocycles. The van der Waals surface area contributed by atoms with E-state index in [9.17, 15) is 0 Å². The van der Waals surface area contributed by atoms with Crippen molar-refractivity contribution in [3.63, 3.8) is 0 Å². The zero-order valence-electron chi connectivity index (χ0n) is 10.5. The van der Waals surface area contributed by atoms with Gasteiger partial charge in [-0.1, -0.05) is 19.9 Å². The third-order valence-corrected chi connectivity index (χ3v) is 3.57. The first-order chi connectivity index (χ1) is 8.24. The molecular formula is C13H20N4. The highest BCUT2D eigenvalue weighted by molar-refractivity contribution is 5.51. The molecule has 0 bridgehead atoms. The van der Waals surface area contributed by atoms with Gasteiger partial charge in [-0.25, -0.2) is 4.98 Å². The van der Waals surface area contributed by atoms with Crippen LogP contribution in [0.5, 0.6) is 0 Å². The summed E-state index contributed by atoms with van der Waals surface area (Å²) in [7, 11) is 0. The van der Waals surface area contributed by atoms with Crippen LogP contribution in [0.3, 0.4) is 0 Å². The Morgan fingerprint density at radius 2 is 2.12 bits per heavy atom. The summed E-state index contributed by atoms with van der Waals surface area (Å²) in [6.45, 7) is 4.96. The fourth-order valence-electron chi connectivity index (χ4n) is 2.09. The van der Waals surface area contributed by atoms with Crippen LogP contribution in [-0.4, -0.2) is 21.5 Å². The smallest absolute Gasteiger partial charge is 0.138 e. The number of nitrogens with zero attached hydrogens (tertiary/aromatic N) is 2. The lowest BCUT2D eigenvalue weighted by molar-refractivity contribution is 0.443. The molecule has 2 aromatic rings. The van der Waals surface area contributed by atoms with Crippen LogP contribution in [-0.2, 0) is 0 Å². The Morgan fingerprint density at radius 3 is 2.76 bits per heavy atom. The number of hydrogen-bond donors (Lipinski definition) is 2. The molecule has 0 aliphatic carbocycles. The van der Waals surface area contributed by atoms with Crippen LogP contribution < -0.4 is 11.1 Å². The standard InChI is InChI=1S/C13H20N4/c1-3-13(4-2,10-14)16-12-7-5-6-11-15-8-9-17(11)12/h5-9,16H,3-4,10,14H2,1-2H3. The zero-order valence-corrected chi connectivity index (χ0v) is 10.5. The third kappa shape index (κ3) is 2.13. The highest BCUT2D eigenvalue weighted by Crippen LogP contribution is 2.21. The molecule has 0 spiro atoms. The monoisotopic (exact) mass is 232 g/mol. The van der Waals surface area contributed by atoms with Gasteiger partial charge < -0.3 is 11.1 Å². The van der Waals surface area contributed by atoms with E-state index in [0.29, 0.717) is 6.54 Å². The molecule has 4 heteroatoms. The Labute approximate surface area is 102 Å². The number of pyridine rings is 1. The molecule has 0 amide bonds. The molecule has 0 saturated carbocycles. The van der Waals surface area contributed by atoms with Crippen molar-refractivity contribution in [3.05, 3.63) is 30.6 Å². The van der Waals surface area contributed by atoms with E-state index in [-0.39, 0.29) is 5.54 Å². The average molecular weight is 232 g/mol. The fraction of sp³-hybridized carbons (Fsp3) is 0.462. The highest BCUT2D eigenvalue weighted by atomic mass is 15.1. The van der Waals surface area contributed by atoms with E-state index >= 15 is 0 Å². The van der Waals surface area contributed by atoms with Crippen LogP contribution in [0.25, 0.3) is 5.65 Å². The topological polar surface area (TPSA) is 55.3 Å². The van der Waals surface area contributed by atoms with Crippen LogP contribution in [0.1, 0.15) is 26.7 Å². The molecule has 0 aliphatic rings. The number of nitrogens with one attached hydrogen (secondary N) is 1. The lowest BCUT2D eigenvalue weighted by Crippen LogP contribution is -2.44. The second-order valence-electron chi connectivity index (χ2n) is 4.38. The van der Waals surface area contributed by atoms with Crippen molar-refractivity contribution in [3.8, 4) is 0 Å². The molecule has 2 aromatic heterocycles. The Morgan fingerprint density at radius 1 is 1.35 bits per heavy atom. The molecule has 0 saturated heterocycles. The highest BCUT2D eigenvalue weighted by Gasteiger charge is 2.24. The van der Waals surface area contributed by atoms with Crippen molar-refractivity contribution in [2.75, 3.05) is 11.9 Å². The molecule has 0 aliphatic heterocycles. The Hall–Kier alpha value is -1.55. The summed E-state index contributed by atoms with van der Waals surface area (Å²) in [6, 6.07) is 6.06. The summed E-state index contributed by atoms with van der Waals surface area (Å²) in [4.78, 5) is 4.28. The second kappa shape index (κ2) is 4.75. The van der Waals surface area contributed by atoms with Gasteiger partial charge in [-0.05, 0) is 25.0 Å². The SMILES string of the molecule is CCC(CC)(CN)Nc1cccc2nccn12. The first-order valence-electron chi connectivity index (χ1n) is 6.15. The van der Waals surface area contributed by atoms with Gasteiger partial charge in [0.25, 0.3) is 0 Å². The van der Waals surface area contributed by atoms with Crippen LogP contribution in [0.15, 0.2) is 30.6 Å². The quantitative estimate of drug-likeness (QED) is 0.831. The molecule has 2 heterocycles. The van der Waals surface area contributed by atoms with E-state index in [4.69, 9.17) is 5.73 Å². The van der Waals surface area contributed by atoms with E-state index in [1.807, 2.05) is 24.5 Å². The summed E-state index contributed by atoms with van der Waals surface area (Å²) in [5.74, 6) is 1.05. The number of hydrogen-bond acceptors (Lipinski definition) is 3. The maximum absolute atomic E-state index is 5.91. The minimum atomic E-state index is -0.0292. The summed E-state index contributed by atoms with van der Waals surface area (Å²) >= 11 is 0. The van der Waals surface area contributed by atoms with E-state index in [1.54, 1.807) is 0 Å². The number of anilines is 1. The molecule has 17 heavy (non-hydrogen) atoms. The number of rotatable bonds is 5. The molecule has 92 valence electrons. The van der Waals surface area contributed by atoms with Gasteiger partial charge in [-0.15, -0.1) is 0 Å². The molecule has 0 radical (unpaired) electrons. The lowest BCUT2D eigenvalue weighted by atomic mass is 9.93. The van der Waals surface area contributed by atoms with Crippen LogP contribution in [0.2, 0.25) is 0 Å². The Balaban J connectivity index is 2.37. The van der Waals surface area contributed by atoms with Crippen molar-refractivity contribution < 1.29 is 0 Å². The van der Waals surface area contributed by atoms with Crippen LogP contribution >= 0.6 is 0 Å². The van der Waals surface area contributed by atoms with Gasteiger partial charge >= 0.3 is 0 Å². The van der Waals surface area contributed by atoms with Gasteiger partial charge in [0.2, 0.25) is 0 Å². The van der Waals surface area contributed by atoms with Gasteiger partial charge in [0.15, 0.2) is 0 Å². The summed E-state index contributed by atoms with van der Waals surface area (Å²) in [5, 5.41) is 3.57. The van der Waals surface area contributed by atoms with Crippen molar-refractivity contribution >= 4 is 11.5 Å². The van der Waals surface area contributed by atoms with Gasteiger partial charge in [0.1, 0.15) is 11.5 Å². The summed E-state index contributed by atoms with van der Waals surface area (Å²) in [5.41, 5.74) is 6.83. The van der Waals surface area contributed by atoms with E-state index in [0.717, 1.165) is 24.3 Å².